The van der Waals surface area contributed by atoms with Gasteiger partial charge in [0.25, 0.3) is 0 Å². The lowest BCUT2D eigenvalue weighted by molar-refractivity contribution is 0.208. The predicted molar refractivity (Wildman–Crippen MR) is 90.1 cm³/mol. The molecule has 1 atom stereocenters. The third kappa shape index (κ3) is 4.87. The smallest absolute Gasteiger partial charge is 0.0476 e. The number of piperidine rings is 1. The van der Waals surface area contributed by atoms with Crippen molar-refractivity contribution in [3.05, 3.63) is 28.8 Å². The van der Waals surface area contributed by atoms with Crippen molar-refractivity contribution >= 4 is 17.3 Å². The maximum atomic E-state index is 9.42. The molecule has 2 rings (SSSR count). The van der Waals surface area contributed by atoms with Gasteiger partial charge in [0.2, 0.25) is 0 Å². The fourth-order valence-electron chi connectivity index (χ4n) is 2.80. The molecule has 1 saturated heterocycles. The van der Waals surface area contributed by atoms with Crippen LogP contribution in [0.25, 0.3) is 0 Å². The molecule has 0 radical (unpaired) electrons. The summed E-state index contributed by atoms with van der Waals surface area (Å²) in [4.78, 5) is 2.39. The van der Waals surface area contributed by atoms with E-state index in [2.05, 4.69) is 43.1 Å². The number of anilines is 1. The number of nitrogens with one attached hydrogen (secondary N) is 1. The van der Waals surface area contributed by atoms with Crippen LogP contribution >= 0.6 is 11.6 Å². The SMILES string of the molecule is CC(C)(C)NCc1cc(Cl)ccc1N1CCCC(CO)C1. The van der Waals surface area contributed by atoms with Gasteiger partial charge < -0.3 is 15.3 Å². The van der Waals surface area contributed by atoms with E-state index in [1.165, 1.54) is 11.3 Å². The van der Waals surface area contributed by atoms with Crippen LogP contribution < -0.4 is 10.2 Å². The molecule has 1 aliphatic rings. The van der Waals surface area contributed by atoms with Crippen LogP contribution in [0.5, 0.6) is 0 Å². The Kier molecular flexibility index (Phi) is 5.53. The topological polar surface area (TPSA) is 35.5 Å². The van der Waals surface area contributed by atoms with Gasteiger partial charge in [0, 0.05) is 42.5 Å². The number of halogens is 1. The summed E-state index contributed by atoms with van der Waals surface area (Å²) in [6.07, 6.45) is 2.26. The second kappa shape index (κ2) is 6.99. The molecule has 0 aliphatic carbocycles. The summed E-state index contributed by atoms with van der Waals surface area (Å²) in [6.45, 7) is 9.57. The number of rotatable bonds is 4. The Morgan fingerprint density at radius 3 is 2.81 bits per heavy atom. The third-order valence-corrected chi connectivity index (χ3v) is 4.20. The summed E-state index contributed by atoms with van der Waals surface area (Å²) in [6, 6.07) is 6.12. The lowest BCUT2D eigenvalue weighted by Gasteiger charge is -2.35. The minimum absolute atomic E-state index is 0.0785. The van der Waals surface area contributed by atoms with Crippen molar-refractivity contribution in [2.75, 3.05) is 24.6 Å². The van der Waals surface area contributed by atoms with E-state index in [4.69, 9.17) is 11.6 Å². The molecule has 0 aromatic heterocycles. The van der Waals surface area contributed by atoms with Gasteiger partial charge in [-0.3, -0.25) is 0 Å². The molecule has 0 amide bonds. The molecule has 1 heterocycles. The van der Waals surface area contributed by atoms with Crippen molar-refractivity contribution < 1.29 is 5.11 Å². The summed E-state index contributed by atoms with van der Waals surface area (Å²) < 4.78 is 0. The molecule has 1 fully saturated rings. The molecule has 1 aromatic rings. The molecule has 0 spiro atoms. The van der Waals surface area contributed by atoms with Crippen LogP contribution in [0.1, 0.15) is 39.2 Å². The van der Waals surface area contributed by atoms with Crippen LogP contribution in [0.3, 0.4) is 0 Å². The summed E-state index contributed by atoms with van der Waals surface area (Å²) in [5.74, 6) is 0.387. The van der Waals surface area contributed by atoms with Gasteiger partial charge in [-0.2, -0.15) is 0 Å². The Bertz CT molecular complexity index is 470. The quantitative estimate of drug-likeness (QED) is 0.894. The standard InChI is InChI=1S/C17H27ClN2O/c1-17(2,3)19-10-14-9-15(18)6-7-16(14)20-8-4-5-13(11-20)12-21/h6-7,9,13,19,21H,4-5,8,10-12H2,1-3H3. The van der Waals surface area contributed by atoms with Gasteiger partial charge >= 0.3 is 0 Å². The van der Waals surface area contributed by atoms with Gasteiger partial charge in [0.15, 0.2) is 0 Å². The molecule has 2 N–H and O–H groups in total. The molecule has 0 bridgehead atoms. The molecule has 4 heteroatoms. The monoisotopic (exact) mass is 310 g/mol. The number of aliphatic hydroxyl groups is 1. The van der Waals surface area contributed by atoms with Crippen molar-refractivity contribution in [3.8, 4) is 0 Å². The Balaban J connectivity index is 2.17. The lowest BCUT2D eigenvalue weighted by atomic mass is 9.97. The van der Waals surface area contributed by atoms with Gasteiger partial charge in [0.1, 0.15) is 0 Å². The third-order valence-electron chi connectivity index (χ3n) is 3.97. The fourth-order valence-corrected chi connectivity index (χ4v) is 2.99. The van der Waals surface area contributed by atoms with E-state index in [1.807, 2.05) is 6.07 Å². The predicted octanol–water partition coefficient (Wildman–Crippen LogP) is 3.44. The van der Waals surface area contributed by atoms with Gasteiger partial charge in [-0.25, -0.2) is 0 Å². The van der Waals surface area contributed by atoms with Crippen LogP contribution in [0, 0.1) is 5.92 Å². The Labute approximate surface area is 133 Å². The number of hydrogen-bond acceptors (Lipinski definition) is 3. The highest BCUT2D eigenvalue weighted by atomic mass is 35.5. The van der Waals surface area contributed by atoms with Crippen molar-refractivity contribution in [3.63, 3.8) is 0 Å². The van der Waals surface area contributed by atoms with E-state index >= 15 is 0 Å². The largest absolute Gasteiger partial charge is 0.396 e. The van der Waals surface area contributed by atoms with Crippen molar-refractivity contribution in [2.24, 2.45) is 5.92 Å². The zero-order chi connectivity index (χ0) is 15.5. The van der Waals surface area contributed by atoms with E-state index < -0.39 is 0 Å². The van der Waals surface area contributed by atoms with E-state index in [0.717, 1.165) is 37.5 Å². The average molecular weight is 311 g/mol. The molecule has 1 aliphatic heterocycles. The van der Waals surface area contributed by atoms with Crippen molar-refractivity contribution in [2.45, 2.75) is 45.7 Å². The number of aliphatic hydroxyl groups excluding tert-OH is 1. The van der Waals surface area contributed by atoms with Crippen LogP contribution in [-0.2, 0) is 6.54 Å². The van der Waals surface area contributed by atoms with Crippen molar-refractivity contribution in [1.82, 2.24) is 5.32 Å². The second-order valence-corrected chi connectivity index (χ2v) is 7.45. The van der Waals surface area contributed by atoms with Crippen LogP contribution in [-0.4, -0.2) is 30.3 Å². The van der Waals surface area contributed by atoms with E-state index in [9.17, 15) is 5.11 Å². The normalized spacial score (nSPS) is 19.9. The summed E-state index contributed by atoms with van der Waals surface area (Å²) in [7, 11) is 0. The van der Waals surface area contributed by atoms with Crippen LogP contribution in [0.4, 0.5) is 5.69 Å². The van der Waals surface area contributed by atoms with E-state index in [0.29, 0.717) is 5.92 Å². The molecule has 21 heavy (non-hydrogen) atoms. The number of hydrogen-bond donors (Lipinski definition) is 2. The second-order valence-electron chi connectivity index (χ2n) is 7.01. The molecule has 1 aromatic carbocycles. The summed E-state index contributed by atoms with van der Waals surface area (Å²) in [5.41, 5.74) is 2.56. The first-order valence-electron chi connectivity index (χ1n) is 7.78. The summed E-state index contributed by atoms with van der Waals surface area (Å²) in [5, 5.41) is 13.7. The van der Waals surface area contributed by atoms with Crippen molar-refractivity contribution in [1.29, 1.82) is 0 Å². The average Bonchev–Trinajstić information content (AvgIpc) is 2.44. The van der Waals surface area contributed by atoms with E-state index in [1.54, 1.807) is 0 Å². The van der Waals surface area contributed by atoms with Gasteiger partial charge in [-0.1, -0.05) is 11.6 Å². The molecule has 1 unspecified atom stereocenters. The summed E-state index contributed by atoms with van der Waals surface area (Å²) >= 11 is 6.18. The highest BCUT2D eigenvalue weighted by Crippen LogP contribution is 2.29. The Morgan fingerprint density at radius 2 is 2.14 bits per heavy atom. The number of benzene rings is 1. The molecular weight excluding hydrogens is 284 g/mol. The number of nitrogens with zero attached hydrogens (tertiary/aromatic N) is 1. The molecular formula is C17H27ClN2O. The Morgan fingerprint density at radius 1 is 1.38 bits per heavy atom. The maximum Gasteiger partial charge on any atom is 0.0476 e. The van der Waals surface area contributed by atoms with E-state index in [-0.39, 0.29) is 12.1 Å². The minimum atomic E-state index is 0.0785. The first kappa shape index (κ1) is 16.6. The minimum Gasteiger partial charge on any atom is -0.396 e. The Hall–Kier alpha value is -0.770. The van der Waals surface area contributed by atoms with Gasteiger partial charge in [0.05, 0.1) is 0 Å². The maximum absolute atomic E-state index is 9.42. The lowest BCUT2D eigenvalue weighted by Crippen LogP contribution is -2.39. The highest BCUT2D eigenvalue weighted by molar-refractivity contribution is 6.30. The zero-order valence-electron chi connectivity index (χ0n) is 13.3. The van der Waals surface area contributed by atoms with Crippen LogP contribution in [0.2, 0.25) is 5.02 Å². The van der Waals surface area contributed by atoms with Gasteiger partial charge in [-0.15, -0.1) is 0 Å². The molecule has 118 valence electrons. The molecule has 3 nitrogen and oxygen atoms in total. The highest BCUT2D eigenvalue weighted by Gasteiger charge is 2.21. The van der Waals surface area contributed by atoms with Gasteiger partial charge in [-0.05, 0) is 63.3 Å². The first-order chi connectivity index (χ1) is 9.89. The van der Waals surface area contributed by atoms with Crippen LogP contribution in [0.15, 0.2) is 18.2 Å². The zero-order valence-corrected chi connectivity index (χ0v) is 14.1. The molecule has 0 saturated carbocycles. The first-order valence-corrected chi connectivity index (χ1v) is 8.16. The fraction of sp³-hybridized carbons (Fsp3) is 0.647.